The maximum absolute atomic E-state index is 11.7. The number of carboxylic acid groups (broad SMARTS) is 1. The Morgan fingerprint density at radius 1 is 1.37 bits per heavy atom. The fourth-order valence-corrected chi connectivity index (χ4v) is 1.29. The van der Waals surface area contributed by atoms with E-state index >= 15 is 0 Å². The number of carbonyl (C=O) groups is 2. The third kappa shape index (κ3) is 8.34. The van der Waals surface area contributed by atoms with Crippen molar-refractivity contribution >= 4 is 11.9 Å². The first-order valence-corrected chi connectivity index (χ1v) is 6.36. The highest BCUT2D eigenvalue weighted by molar-refractivity contribution is 5.86. The number of hydrogen-bond donors (Lipinski definition) is 2. The Kier molecular flexibility index (Phi) is 9.74. The number of aliphatic carboxylic acids is 1. The van der Waals surface area contributed by atoms with Gasteiger partial charge >= 0.3 is 5.97 Å². The molecule has 0 fully saturated rings. The zero-order chi connectivity index (χ0) is 14.7. The third-order valence-electron chi connectivity index (χ3n) is 2.39. The first-order valence-electron chi connectivity index (χ1n) is 6.36. The molecule has 0 heterocycles. The minimum Gasteiger partial charge on any atom is -0.480 e. The molecule has 0 radical (unpaired) electrons. The van der Waals surface area contributed by atoms with E-state index in [1.165, 1.54) is 0 Å². The average Bonchev–Trinajstić information content (AvgIpc) is 2.38. The molecule has 0 aliphatic carbocycles. The number of carbonyl (C=O) groups excluding carboxylic acids is 1. The van der Waals surface area contributed by atoms with Crippen molar-refractivity contribution in [2.24, 2.45) is 0 Å². The largest absolute Gasteiger partial charge is 0.480 e. The maximum Gasteiger partial charge on any atom is 0.326 e. The van der Waals surface area contributed by atoms with Gasteiger partial charge in [-0.1, -0.05) is 12.2 Å². The van der Waals surface area contributed by atoms with Crippen molar-refractivity contribution in [3.63, 3.8) is 0 Å². The molecule has 0 aliphatic rings. The van der Waals surface area contributed by atoms with E-state index in [4.69, 9.17) is 14.6 Å². The molecule has 6 nitrogen and oxygen atoms in total. The first kappa shape index (κ1) is 17.6. The number of hydrogen-bond acceptors (Lipinski definition) is 4. The van der Waals surface area contributed by atoms with E-state index in [0.29, 0.717) is 19.8 Å². The van der Waals surface area contributed by atoms with Crippen LogP contribution in [0.4, 0.5) is 0 Å². The topological polar surface area (TPSA) is 84.9 Å². The highest BCUT2D eigenvalue weighted by Gasteiger charge is 2.22. The molecule has 110 valence electrons. The molecule has 0 aromatic rings. The molecule has 6 heteroatoms. The predicted molar refractivity (Wildman–Crippen MR) is 70.9 cm³/mol. The normalized spacial score (nSPS) is 14.3. The monoisotopic (exact) mass is 273 g/mol. The van der Waals surface area contributed by atoms with E-state index in [9.17, 15) is 9.59 Å². The van der Waals surface area contributed by atoms with Crippen LogP contribution in [0.3, 0.4) is 0 Å². The van der Waals surface area contributed by atoms with Crippen molar-refractivity contribution in [3.8, 4) is 0 Å². The Morgan fingerprint density at radius 2 is 2.05 bits per heavy atom. The number of nitrogens with one attached hydrogen (secondary N) is 1. The Bertz CT molecular complexity index is 303. The lowest BCUT2D eigenvalue weighted by molar-refractivity contribution is -0.144. The molecule has 0 aromatic heterocycles. The SMILES string of the molecule is C/C=C/CC(NC(=O)C(C)OCCOCC)C(=O)O. The van der Waals surface area contributed by atoms with Crippen LogP contribution < -0.4 is 5.32 Å². The van der Waals surface area contributed by atoms with Crippen LogP contribution in [-0.2, 0) is 19.1 Å². The Balaban J connectivity index is 4.12. The van der Waals surface area contributed by atoms with Gasteiger partial charge in [0, 0.05) is 6.61 Å². The fourth-order valence-electron chi connectivity index (χ4n) is 1.29. The summed E-state index contributed by atoms with van der Waals surface area (Å²) < 4.78 is 10.3. The second kappa shape index (κ2) is 10.5. The summed E-state index contributed by atoms with van der Waals surface area (Å²) in [7, 11) is 0. The van der Waals surface area contributed by atoms with Gasteiger partial charge in [0.2, 0.25) is 5.91 Å². The first-order chi connectivity index (χ1) is 9.02. The van der Waals surface area contributed by atoms with Gasteiger partial charge in [-0.2, -0.15) is 0 Å². The van der Waals surface area contributed by atoms with Crippen LogP contribution in [0.2, 0.25) is 0 Å². The van der Waals surface area contributed by atoms with E-state index < -0.39 is 24.0 Å². The van der Waals surface area contributed by atoms with E-state index in [-0.39, 0.29) is 6.42 Å². The Labute approximate surface area is 113 Å². The quantitative estimate of drug-likeness (QED) is 0.457. The Hall–Kier alpha value is -1.40. The summed E-state index contributed by atoms with van der Waals surface area (Å²) in [6, 6.07) is -0.929. The van der Waals surface area contributed by atoms with Crippen molar-refractivity contribution in [1.29, 1.82) is 0 Å². The van der Waals surface area contributed by atoms with E-state index in [2.05, 4.69) is 5.32 Å². The minimum atomic E-state index is -1.06. The molecule has 0 bridgehead atoms. The lowest BCUT2D eigenvalue weighted by Crippen LogP contribution is -2.45. The van der Waals surface area contributed by atoms with Crippen LogP contribution in [0.25, 0.3) is 0 Å². The van der Waals surface area contributed by atoms with Gasteiger partial charge in [-0.3, -0.25) is 4.79 Å². The summed E-state index contributed by atoms with van der Waals surface area (Å²) in [6.07, 6.45) is 2.99. The van der Waals surface area contributed by atoms with Gasteiger partial charge in [-0.15, -0.1) is 0 Å². The van der Waals surface area contributed by atoms with Gasteiger partial charge in [-0.05, 0) is 27.2 Å². The molecule has 0 aromatic carbocycles. The molecular formula is C13H23NO5. The minimum absolute atomic E-state index is 0.253. The van der Waals surface area contributed by atoms with Gasteiger partial charge in [0.05, 0.1) is 13.2 Å². The van der Waals surface area contributed by atoms with Crippen molar-refractivity contribution in [2.45, 2.75) is 39.3 Å². The van der Waals surface area contributed by atoms with E-state index in [1.807, 2.05) is 6.92 Å². The second-order valence-corrected chi connectivity index (χ2v) is 3.91. The van der Waals surface area contributed by atoms with Crippen LogP contribution in [0.1, 0.15) is 27.2 Å². The summed E-state index contributed by atoms with van der Waals surface area (Å²) in [5, 5.41) is 11.4. The molecule has 2 N–H and O–H groups in total. The molecule has 2 unspecified atom stereocenters. The van der Waals surface area contributed by atoms with Crippen LogP contribution in [-0.4, -0.2) is 48.9 Å². The highest BCUT2D eigenvalue weighted by atomic mass is 16.5. The molecule has 0 spiro atoms. The lowest BCUT2D eigenvalue weighted by Gasteiger charge is -2.17. The maximum atomic E-state index is 11.7. The summed E-state index contributed by atoms with van der Waals surface area (Å²) in [5.74, 6) is -1.50. The highest BCUT2D eigenvalue weighted by Crippen LogP contribution is 1.98. The molecule has 2 atom stereocenters. The van der Waals surface area contributed by atoms with Crippen molar-refractivity contribution in [2.75, 3.05) is 19.8 Å². The van der Waals surface area contributed by atoms with E-state index in [0.717, 1.165) is 0 Å². The van der Waals surface area contributed by atoms with Gasteiger partial charge in [0.1, 0.15) is 12.1 Å². The van der Waals surface area contributed by atoms with Crippen LogP contribution in [0.15, 0.2) is 12.2 Å². The van der Waals surface area contributed by atoms with Gasteiger partial charge < -0.3 is 19.9 Å². The van der Waals surface area contributed by atoms with Crippen LogP contribution >= 0.6 is 0 Å². The van der Waals surface area contributed by atoms with Crippen molar-refractivity contribution < 1.29 is 24.2 Å². The lowest BCUT2D eigenvalue weighted by atomic mass is 10.2. The standard InChI is InChI=1S/C13H23NO5/c1-4-6-7-11(13(16)17)14-12(15)10(3)19-9-8-18-5-2/h4,6,10-11H,5,7-9H2,1-3H3,(H,14,15)(H,16,17)/b6-4+. The molecule has 0 saturated carbocycles. The number of allylic oxidation sites excluding steroid dienone is 1. The van der Waals surface area contributed by atoms with Gasteiger partial charge in [-0.25, -0.2) is 4.79 Å². The predicted octanol–water partition coefficient (Wildman–Crippen LogP) is 0.964. The molecule has 19 heavy (non-hydrogen) atoms. The molecular weight excluding hydrogens is 250 g/mol. The zero-order valence-corrected chi connectivity index (χ0v) is 11.7. The third-order valence-corrected chi connectivity index (χ3v) is 2.39. The van der Waals surface area contributed by atoms with E-state index in [1.54, 1.807) is 26.0 Å². The molecule has 0 aliphatic heterocycles. The Morgan fingerprint density at radius 3 is 2.58 bits per heavy atom. The number of ether oxygens (including phenoxy) is 2. The molecule has 0 rings (SSSR count). The van der Waals surface area contributed by atoms with Crippen molar-refractivity contribution in [3.05, 3.63) is 12.2 Å². The fraction of sp³-hybridized carbons (Fsp3) is 0.692. The smallest absolute Gasteiger partial charge is 0.326 e. The average molecular weight is 273 g/mol. The summed E-state index contributed by atoms with van der Waals surface area (Å²) in [6.45, 7) is 6.54. The zero-order valence-electron chi connectivity index (χ0n) is 11.7. The summed E-state index contributed by atoms with van der Waals surface area (Å²) in [4.78, 5) is 22.7. The summed E-state index contributed by atoms with van der Waals surface area (Å²) >= 11 is 0. The molecule has 1 amide bonds. The number of rotatable bonds is 10. The number of carboxylic acids is 1. The van der Waals surface area contributed by atoms with Gasteiger partial charge in [0.15, 0.2) is 0 Å². The summed E-state index contributed by atoms with van der Waals surface area (Å²) in [5.41, 5.74) is 0. The van der Waals surface area contributed by atoms with Crippen molar-refractivity contribution in [1.82, 2.24) is 5.32 Å². The number of amides is 1. The van der Waals surface area contributed by atoms with Gasteiger partial charge in [0.25, 0.3) is 0 Å². The second-order valence-electron chi connectivity index (χ2n) is 3.91. The van der Waals surface area contributed by atoms with Crippen LogP contribution in [0, 0.1) is 0 Å². The van der Waals surface area contributed by atoms with Crippen LogP contribution in [0.5, 0.6) is 0 Å². The molecule has 0 saturated heterocycles.